The average Bonchev–Trinajstić information content (AvgIpc) is 2.76. The summed E-state index contributed by atoms with van der Waals surface area (Å²) in [6.07, 6.45) is 0. The van der Waals surface area contributed by atoms with E-state index in [9.17, 15) is 0 Å². The van der Waals surface area contributed by atoms with Crippen LogP contribution in [0.1, 0.15) is 18.2 Å². The van der Waals surface area contributed by atoms with Crippen LogP contribution in [0.15, 0.2) is 0 Å². The van der Waals surface area contributed by atoms with Crippen LogP contribution in [-0.4, -0.2) is 35.8 Å². The molecule has 17 heavy (non-hydrogen) atoms. The normalized spacial score (nSPS) is 23.9. The number of anilines is 1. The van der Waals surface area contributed by atoms with Gasteiger partial charge in [-0.3, -0.25) is 0 Å². The molecule has 6 heteroatoms. The smallest absolute Gasteiger partial charge is 0.224 e. The molecule has 1 N–H and O–H groups in total. The van der Waals surface area contributed by atoms with Gasteiger partial charge in [-0.15, -0.1) is 0 Å². The SMILES string of the molecule is CC1COCCN1c1nc(Cl)nc2c1CNC2. The van der Waals surface area contributed by atoms with Crippen molar-refractivity contribution in [1.82, 2.24) is 15.3 Å². The third-order valence-electron chi connectivity index (χ3n) is 3.28. The topological polar surface area (TPSA) is 50.3 Å². The van der Waals surface area contributed by atoms with Crippen molar-refractivity contribution in [1.29, 1.82) is 0 Å². The number of rotatable bonds is 1. The Morgan fingerprint density at radius 3 is 3.12 bits per heavy atom. The molecule has 0 aromatic carbocycles. The van der Waals surface area contributed by atoms with E-state index in [4.69, 9.17) is 16.3 Å². The van der Waals surface area contributed by atoms with E-state index in [0.29, 0.717) is 11.3 Å². The Hall–Kier alpha value is -0.910. The molecular formula is C11H15ClN4O. The van der Waals surface area contributed by atoms with Gasteiger partial charge in [-0.2, -0.15) is 0 Å². The van der Waals surface area contributed by atoms with Gasteiger partial charge in [-0.05, 0) is 18.5 Å². The zero-order valence-corrected chi connectivity index (χ0v) is 10.5. The summed E-state index contributed by atoms with van der Waals surface area (Å²) in [7, 11) is 0. The molecule has 0 bridgehead atoms. The summed E-state index contributed by atoms with van der Waals surface area (Å²) in [5.74, 6) is 0.973. The maximum Gasteiger partial charge on any atom is 0.224 e. The van der Waals surface area contributed by atoms with Crippen molar-refractivity contribution in [2.24, 2.45) is 0 Å². The Bertz CT molecular complexity index is 440. The minimum atomic E-state index is 0.333. The minimum absolute atomic E-state index is 0.333. The summed E-state index contributed by atoms with van der Waals surface area (Å²) in [5, 5.41) is 3.62. The van der Waals surface area contributed by atoms with Crippen LogP contribution in [0.4, 0.5) is 5.82 Å². The van der Waals surface area contributed by atoms with E-state index in [1.807, 2.05) is 0 Å². The van der Waals surface area contributed by atoms with Gasteiger partial charge in [-0.1, -0.05) is 0 Å². The van der Waals surface area contributed by atoms with Gasteiger partial charge in [0, 0.05) is 25.2 Å². The number of morpholine rings is 1. The number of nitrogens with one attached hydrogen (secondary N) is 1. The molecule has 0 spiro atoms. The predicted molar refractivity (Wildman–Crippen MR) is 65.2 cm³/mol. The first-order valence-corrected chi connectivity index (χ1v) is 6.24. The number of hydrogen-bond acceptors (Lipinski definition) is 5. The standard InChI is InChI=1S/C11H15ClN4O/c1-7-6-17-3-2-16(7)10-8-4-13-5-9(8)14-11(12)15-10/h7,13H,2-6H2,1H3. The van der Waals surface area contributed by atoms with Crippen LogP contribution in [0.25, 0.3) is 0 Å². The molecule has 0 aliphatic carbocycles. The molecule has 92 valence electrons. The molecule has 1 aromatic heterocycles. The lowest BCUT2D eigenvalue weighted by Crippen LogP contribution is -2.44. The summed E-state index contributed by atoms with van der Waals surface area (Å²) < 4.78 is 5.45. The first-order chi connectivity index (χ1) is 8.25. The van der Waals surface area contributed by atoms with Gasteiger partial charge in [0.25, 0.3) is 0 Å². The van der Waals surface area contributed by atoms with Crippen LogP contribution < -0.4 is 10.2 Å². The van der Waals surface area contributed by atoms with Crippen molar-refractivity contribution in [3.63, 3.8) is 0 Å². The largest absolute Gasteiger partial charge is 0.377 e. The third-order valence-corrected chi connectivity index (χ3v) is 3.45. The zero-order chi connectivity index (χ0) is 11.8. The Labute approximate surface area is 105 Å². The first kappa shape index (κ1) is 11.2. The van der Waals surface area contributed by atoms with E-state index in [2.05, 4.69) is 27.1 Å². The molecule has 1 aromatic rings. The Morgan fingerprint density at radius 2 is 2.29 bits per heavy atom. The van der Waals surface area contributed by atoms with Crippen LogP contribution in [0.3, 0.4) is 0 Å². The monoisotopic (exact) mass is 254 g/mol. The Morgan fingerprint density at radius 1 is 1.41 bits per heavy atom. The first-order valence-electron chi connectivity index (χ1n) is 5.86. The second-order valence-corrected chi connectivity index (χ2v) is 4.80. The Balaban J connectivity index is 2.01. The lowest BCUT2D eigenvalue weighted by Gasteiger charge is -2.35. The molecule has 3 rings (SSSR count). The summed E-state index contributed by atoms with van der Waals surface area (Å²) in [6, 6.07) is 0.333. The highest BCUT2D eigenvalue weighted by Crippen LogP contribution is 2.28. The van der Waals surface area contributed by atoms with Crippen LogP contribution in [0.2, 0.25) is 5.28 Å². The maximum atomic E-state index is 5.99. The molecule has 3 heterocycles. The van der Waals surface area contributed by atoms with Gasteiger partial charge in [0.2, 0.25) is 5.28 Å². The van der Waals surface area contributed by atoms with E-state index in [0.717, 1.165) is 44.4 Å². The van der Waals surface area contributed by atoms with Crippen molar-refractivity contribution in [2.45, 2.75) is 26.1 Å². The van der Waals surface area contributed by atoms with Gasteiger partial charge in [0.1, 0.15) is 5.82 Å². The van der Waals surface area contributed by atoms with Crippen molar-refractivity contribution in [3.05, 3.63) is 16.5 Å². The highest BCUT2D eigenvalue weighted by Gasteiger charge is 2.27. The number of nitrogens with zero attached hydrogens (tertiary/aromatic N) is 3. The quantitative estimate of drug-likeness (QED) is 0.757. The molecule has 1 unspecified atom stereocenters. The number of hydrogen-bond donors (Lipinski definition) is 1. The molecule has 0 saturated carbocycles. The molecule has 0 radical (unpaired) electrons. The molecule has 5 nitrogen and oxygen atoms in total. The van der Waals surface area contributed by atoms with Gasteiger partial charge in [-0.25, -0.2) is 9.97 Å². The fourth-order valence-electron chi connectivity index (χ4n) is 2.40. The van der Waals surface area contributed by atoms with Gasteiger partial charge < -0.3 is 15.0 Å². The molecule has 2 aliphatic heterocycles. The van der Waals surface area contributed by atoms with Crippen LogP contribution >= 0.6 is 11.6 Å². The highest BCUT2D eigenvalue weighted by atomic mass is 35.5. The second kappa shape index (κ2) is 4.40. The van der Waals surface area contributed by atoms with Gasteiger partial charge >= 0.3 is 0 Å². The fourth-order valence-corrected chi connectivity index (χ4v) is 2.58. The van der Waals surface area contributed by atoms with E-state index >= 15 is 0 Å². The van der Waals surface area contributed by atoms with Crippen molar-refractivity contribution in [2.75, 3.05) is 24.7 Å². The van der Waals surface area contributed by atoms with Crippen molar-refractivity contribution < 1.29 is 4.74 Å². The highest BCUT2D eigenvalue weighted by molar-refractivity contribution is 6.28. The second-order valence-electron chi connectivity index (χ2n) is 4.46. The lowest BCUT2D eigenvalue weighted by molar-refractivity contribution is 0.0984. The summed E-state index contributed by atoms with van der Waals surface area (Å²) in [4.78, 5) is 10.9. The third kappa shape index (κ3) is 1.99. The number of halogens is 1. The van der Waals surface area contributed by atoms with Gasteiger partial charge in [0.15, 0.2) is 0 Å². The molecule has 1 fully saturated rings. The zero-order valence-electron chi connectivity index (χ0n) is 9.74. The minimum Gasteiger partial charge on any atom is -0.377 e. The summed E-state index contributed by atoms with van der Waals surface area (Å²) >= 11 is 5.99. The summed E-state index contributed by atoms with van der Waals surface area (Å²) in [6.45, 7) is 6.10. The van der Waals surface area contributed by atoms with E-state index in [1.54, 1.807) is 0 Å². The number of fused-ring (bicyclic) bond motifs is 1. The van der Waals surface area contributed by atoms with Crippen LogP contribution in [0, 0.1) is 0 Å². The van der Waals surface area contributed by atoms with Gasteiger partial charge in [0.05, 0.1) is 24.9 Å². The van der Waals surface area contributed by atoms with Crippen molar-refractivity contribution >= 4 is 17.4 Å². The fraction of sp³-hybridized carbons (Fsp3) is 0.636. The molecule has 1 atom stereocenters. The molecular weight excluding hydrogens is 240 g/mol. The lowest BCUT2D eigenvalue weighted by atomic mass is 10.2. The van der Waals surface area contributed by atoms with Crippen molar-refractivity contribution in [3.8, 4) is 0 Å². The van der Waals surface area contributed by atoms with E-state index in [-0.39, 0.29) is 0 Å². The molecule has 0 amide bonds. The Kier molecular flexibility index (Phi) is 2.90. The maximum absolute atomic E-state index is 5.99. The number of ether oxygens (including phenoxy) is 1. The number of aromatic nitrogens is 2. The van der Waals surface area contributed by atoms with E-state index < -0.39 is 0 Å². The van der Waals surface area contributed by atoms with E-state index in [1.165, 1.54) is 5.56 Å². The van der Waals surface area contributed by atoms with Crippen LogP contribution in [-0.2, 0) is 17.8 Å². The molecule has 2 aliphatic rings. The van der Waals surface area contributed by atoms with Crippen LogP contribution in [0.5, 0.6) is 0 Å². The summed E-state index contributed by atoms with van der Waals surface area (Å²) in [5.41, 5.74) is 2.21. The molecule has 1 saturated heterocycles. The predicted octanol–water partition coefficient (Wildman–Crippen LogP) is 0.958. The average molecular weight is 255 g/mol.